The first kappa shape index (κ1) is 22.9. The molecule has 0 spiro atoms. The summed E-state index contributed by atoms with van der Waals surface area (Å²) in [7, 11) is 1.58. The van der Waals surface area contributed by atoms with Gasteiger partial charge in [-0.25, -0.2) is 0 Å². The monoisotopic (exact) mass is 405 g/mol. The van der Waals surface area contributed by atoms with Crippen molar-refractivity contribution in [2.45, 2.75) is 46.8 Å². The molecule has 0 heterocycles. The van der Waals surface area contributed by atoms with Gasteiger partial charge in [0.15, 0.2) is 5.75 Å². The van der Waals surface area contributed by atoms with E-state index in [2.05, 4.69) is 0 Å². The van der Waals surface area contributed by atoms with E-state index in [0.29, 0.717) is 18.1 Å². The third-order valence-corrected chi connectivity index (χ3v) is 5.54. The van der Waals surface area contributed by atoms with Crippen molar-refractivity contribution in [3.05, 3.63) is 24.3 Å². The van der Waals surface area contributed by atoms with Crippen molar-refractivity contribution < 1.29 is 27.9 Å². The van der Waals surface area contributed by atoms with Crippen molar-refractivity contribution in [2.24, 2.45) is 0 Å². The van der Waals surface area contributed by atoms with E-state index >= 15 is 0 Å². The normalized spacial score (nSPS) is 13.5. The Morgan fingerprint density at radius 2 is 1.69 bits per heavy atom. The van der Waals surface area contributed by atoms with Gasteiger partial charge in [0, 0.05) is 0 Å². The van der Waals surface area contributed by atoms with E-state index in [-0.39, 0.29) is 24.7 Å². The fourth-order valence-electron chi connectivity index (χ4n) is 1.91. The summed E-state index contributed by atoms with van der Waals surface area (Å²) in [6.07, 6.45) is -0.167. The fourth-order valence-corrected chi connectivity index (χ4v) is 4.19. The number of ether oxygens (including phenoxy) is 1. The van der Waals surface area contributed by atoms with Crippen LogP contribution in [0.3, 0.4) is 0 Å². The van der Waals surface area contributed by atoms with Gasteiger partial charge in [-0.3, -0.25) is 9.32 Å². The van der Waals surface area contributed by atoms with Crippen LogP contribution in [0.1, 0.15) is 34.6 Å². The van der Waals surface area contributed by atoms with Gasteiger partial charge in [0.1, 0.15) is 12.4 Å². The molecule has 0 aliphatic carbocycles. The van der Waals surface area contributed by atoms with Gasteiger partial charge >= 0.3 is 6.72 Å². The van der Waals surface area contributed by atoms with Crippen LogP contribution < -0.4 is 9.57 Å². The minimum Gasteiger partial charge on any atom is -0.497 e. The number of hydrogen-bond donors (Lipinski definition) is 0. The second kappa shape index (κ2) is 10.8. The number of hydroxylamine groups is 2. The largest absolute Gasteiger partial charge is 0.497 e. The lowest BCUT2D eigenvalue weighted by Crippen LogP contribution is -2.41. The van der Waals surface area contributed by atoms with E-state index in [4.69, 9.17) is 35.0 Å². The standard InChI is InChI=1S/C17H28NO6PS/c1-7-21-25(26,24-14(4)5)22-12-17(19)18(13(2)3)23-16-10-8-15(20-6)9-11-16/h8-11,13-14H,7,12H2,1-6H3. The van der Waals surface area contributed by atoms with Gasteiger partial charge in [-0.15, -0.1) is 0 Å². The molecule has 1 rings (SSSR count). The first-order valence-corrected chi connectivity index (χ1v) is 11.0. The first-order valence-electron chi connectivity index (χ1n) is 8.42. The van der Waals surface area contributed by atoms with Crippen LogP contribution in [0.2, 0.25) is 0 Å². The maximum absolute atomic E-state index is 12.6. The number of nitrogens with zero attached hydrogens (tertiary/aromatic N) is 1. The molecule has 0 radical (unpaired) electrons. The number of hydrogen-bond acceptors (Lipinski definition) is 7. The number of carbonyl (C=O) groups is 1. The highest BCUT2D eigenvalue weighted by molar-refractivity contribution is 8.07. The summed E-state index contributed by atoms with van der Waals surface area (Å²) in [5.74, 6) is 0.832. The van der Waals surface area contributed by atoms with E-state index in [9.17, 15) is 4.79 Å². The molecule has 0 aromatic heterocycles. The Labute approximate surface area is 160 Å². The van der Waals surface area contributed by atoms with Crippen LogP contribution in [0.15, 0.2) is 24.3 Å². The van der Waals surface area contributed by atoms with Gasteiger partial charge in [0.2, 0.25) is 0 Å². The molecule has 0 N–H and O–H groups in total. The van der Waals surface area contributed by atoms with E-state index in [1.54, 1.807) is 38.3 Å². The lowest BCUT2D eigenvalue weighted by Gasteiger charge is -2.28. The third kappa shape index (κ3) is 7.60. The van der Waals surface area contributed by atoms with Crippen LogP contribution in [0.25, 0.3) is 0 Å². The molecule has 0 aliphatic rings. The van der Waals surface area contributed by atoms with E-state index in [1.807, 2.05) is 27.7 Å². The average Bonchev–Trinajstić information content (AvgIpc) is 2.57. The van der Waals surface area contributed by atoms with Crippen molar-refractivity contribution in [1.29, 1.82) is 0 Å². The van der Waals surface area contributed by atoms with Crippen LogP contribution in [0, 0.1) is 0 Å². The summed E-state index contributed by atoms with van der Waals surface area (Å²) in [5, 5.41) is 1.24. The molecule has 7 nitrogen and oxygen atoms in total. The molecule has 148 valence electrons. The molecular weight excluding hydrogens is 377 g/mol. The van der Waals surface area contributed by atoms with Crippen LogP contribution in [-0.4, -0.2) is 43.4 Å². The molecule has 9 heteroatoms. The lowest BCUT2D eigenvalue weighted by molar-refractivity contribution is -0.166. The minimum absolute atomic E-state index is 0.167. The topological polar surface area (TPSA) is 66.5 Å². The molecule has 0 aliphatic heterocycles. The van der Waals surface area contributed by atoms with Crippen molar-refractivity contribution in [3.63, 3.8) is 0 Å². The molecule has 1 aromatic rings. The Hall–Kier alpha value is -1.18. The number of amides is 1. The average molecular weight is 405 g/mol. The molecule has 1 amide bonds. The number of rotatable bonds is 11. The van der Waals surface area contributed by atoms with Gasteiger partial charge in [0.25, 0.3) is 5.91 Å². The Balaban J connectivity index is 2.76. The second-order valence-electron chi connectivity index (χ2n) is 5.87. The van der Waals surface area contributed by atoms with Crippen molar-refractivity contribution >= 4 is 24.4 Å². The summed E-state index contributed by atoms with van der Waals surface area (Å²) in [5.41, 5.74) is 0. The Kier molecular flexibility index (Phi) is 9.54. The van der Waals surface area contributed by atoms with Crippen LogP contribution in [-0.2, 0) is 30.2 Å². The van der Waals surface area contributed by atoms with Crippen LogP contribution in [0.5, 0.6) is 11.5 Å². The van der Waals surface area contributed by atoms with Crippen LogP contribution in [0.4, 0.5) is 0 Å². The van der Waals surface area contributed by atoms with Crippen molar-refractivity contribution in [2.75, 3.05) is 20.3 Å². The maximum atomic E-state index is 12.6. The Bertz CT molecular complexity index is 608. The number of methoxy groups -OCH3 is 1. The summed E-state index contributed by atoms with van der Waals surface area (Å²) in [4.78, 5) is 18.2. The van der Waals surface area contributed by atoms with E-state index in [0.717, 1.165) is 0 Å². The second-order valence-corrected chi connectivity index (χ2v) is 8.84. The highest BCUT2D eigenvalue weighted by Crippen LogP contribution is 2.50. The zero-order chi connectivity index (χ0) is 19.7. The summed E-state index contributed by atoms with van der Waals surface area (Å²) in [6.45, 7) is 6.20. The third-order valence-electron chi connectivity index (χ3n) is 2.95. The molecule has 1 aromatic carbocycles. The highest BCUT2D eigenvalue weighted by Gasteiger charge is 2.27. The van der Waals surface area contributed by atoms with Gasteiger partial charge in [-0.1, -0.05) is 0 Å². The zero-order valence-electron chi connectivity index (χ0n) is 16.1. The number of carbonyl (C=O) groups excluding carboxylic acids is 1. The highest BCUT2D eigenvalue weighted by atomic mass is 32.5. The van der Waals surface area contributed by atoms with Gasteiger partial charge in [-0.05, 0) is 70.7 Å². The molecule has 0 saturated carbocycles. The number of benzene rings is 1. The lowest BCUT2D eigenvalue weighted by atomic mass is 10.3. The molecule has 0 fully saturated rings. The predicted octanol–water partition coefficient (Wildman–Crippen LogP) is 3.93. The van der Waals surface area contributed by atoms with Gasteiger partial charge in [-0.2, -0.15) is 5.06 Å². The van der Waals surface area contributed by atoms with Crippen molar-refractivity contribution in [3.8, 4) is 11.5 Å². The predicted molar refractivity (Wildman–Crippen MR) is 104 cm³/mol. The quantitative estimate of drug-likeness (QED) is 0.408. The Morgan fingerprint density at radius 3 is 2.15 bits per heavy atom. The molecule has 0 saturated heterocycles. The first-order chi connectivity index (χ1) is 12.2. The summed E-state index contributed by atoms with van der Waals surface area (Å²) in [6, 6.07) is 6.73. The Morgan fingerprint density at radius 1 is 1.12 bits per heavy atom. The summed E-state index contributed by atoms with van der Waals surface area (Å²) < 4.78 is 21.6. The fraction of sp³-hybridized carbons (Fsp3) is 0.588. The maximum Gasteiger partial charge on any atom is 0.327 e. The van der Waals surface area contributed by atoms with Crippen LogP contribution >= 0.6 is 6.72 Å². The SMILES string of the molecule is CCOP(=S)(OCC(=O)N(Oc1ccc(OC)cc1)C(C)C)OC(C)C. The molecule has 26 heavy (non-hydrogen) atoms. The zero-order valence-corrected chi connectivity index (χ0v) is 17.8. The van der Waals surface area contributed by atoms with E-state index in [1.165, 1.54) is 5.06 Å². The van der Waals surface area contributed by atoms with Crippen molar-refractivity contribution in [1.82, 2.24) is 5.06 Å². The summed E-state index contributed by atoms with van der Waals surface area (Å²) >= 11 is 5.32. The molecule has 1 atom stereocenters. The van der Waals surface area contributed by atoms with E-state index < -0.39 is 6.72 Å². The van der Waals surface area contributed by atoms with Gasteiger partial charge in [0.05, 0.1) is 25.9 Å². The smallest absolute Gasteiger partial charge is 0.327 e. The molecular formula is C17H28NO6PS. The molecule has 1 unspecified atom stereocenters. The van der Waals surface area contributed by atoms with Gasteiger partial charge < -0.3 is 18.6 Å². The minimum atomic E-state index is -2.98. The molecule has 0 bridgehead atoms.